The number of ether oxygens (including phenoxy) is 6. The van der Waals surface area contributed by atoms with Crippen LogP contribution in [0.25, 0.3) is 90.7 Å². The molecule has 0 radical (unpaired) electrons. The highest BCUT2D eigenvalue weighted by Gasteiger charge is 2.34. The van der Waals surface area contributed by atoms with E-state index in [2.05, 4.69) is 146 Å². The average molecular weight is 1380 g/mol. The Hall–Kier alpha value is -4.82. The summed E-state index contributed by atoms with van der Waals surface area (Å²) < 4.78 is 34.9. The third-order valence-electron chi connectivity index (χ3n) is 12.8. The van der Waals surface area contributed by atoms with Crippen LogP contribution >= 0.6 is 70.6 Å². The second kappa shape index (κ2) is 29.1. The monoisotopic (exact) mass is 1380 g/mol. The van der Waals surface area contributed by atoms with Crippen molar-refractivity contribution in [2.45, 2.75) is 203 Å². The molecular formula is C64H89N17O6S6. The number of unbranched alkanes of at least 4 members (excludes halogenated alkanes) is 1. The van der Waals surface area contributed by atoms with Crippen LogP contribution in [0, 0.1) is 0 Å². The van der Waals surface area contributed by atoms with E-state index in [1.807, 2.05) is 0 Å². The molecule has 8 bridgehead atoms. The summed E-state index contributed by atoms with van der Waals surface area (Å²) >= 11 is 9.82. The summed E-state index contributed by atoms with van der Waals surface area (Å²) in [6.45, 7) is 46.4. The van der Waals surface area contributed by atoms with Crippen LogP contribution in [0.2, 0.25) is 0 Å². The van der Waals surface area contributed by atoms with Gasteiger partial charge in [-0.3, -0.25) is 0 Å². The Labute approximate surface area is 571 Å². The molecule has 3 aliphatic rings. The minimum atomic E-state index is -0.246. The maximum absolute atomic E-state index is 6.70. The SMILES string of the molecule is CCCCOc1nc2c3nc4nc(nc5[nH]c(nc6nc(nc([nH]3)c2nc1N1CCOCCOCCOCCOCCOCC1)-c1nc(SC(C)(C)C)c(SC(C)(C)C)nc1-6)c1nc(SC(C)(C)C)c(SC(C)(C)C)nc51)-c1nc(SC(C)(C)C)c(SC(C)(C)C)nc1-4. The first kappa shape index (κ1) is 71.0. The molecule has 23 nitrogen and oxygen atoms in total. The number of aromatic amines is 2. The Balaban J connectivity index is 1.33. The number of nitrogens with zero attached hydrogens (tertiary/aromatic N) is 15. The average Bonchev–Trinajstić information content (AvgIpc) is 1.61. The fourth-order valence-electron chi connectivity index (χ4n) is 9.25. The predicted molar refractivity (Wildman–Crippen MR) is 379 cm³/mol. The molecule has 1 saturated heterocycles. The predicted octanol–water partition coefficient (Wildman–Crippen LogP) is 14.5. The van der Waals surface area contributed by atoms with E-state index in [9.17, 15) is 0 Å². The van der Waals surface area contributed by atoms with Crippen LogP contribution in [0.4, 0.5) is 5.82 Å². The van der Waals surface area contributed by atoms with Crippen LogP contribution in [-0.4, -0.2) is 194 Å². The molecule has 0 saturated carbocycles. The molecule has 29 heteroatoms. The fraction of sp³-hybridized carbons (Fsp3) is 0.625. The van der Waals surface area contributed by atoms with E-state index in [1.165, 1.54) is 0 Å². The van der Waals surface area contributed by atoms with Crippen molar-refractivity contribution in [2.24, 2.45) is 0 Å². The minimum Gasteiger partial charge on any atom is -0.475 e. The quantitative estimate of drug-likeness (QED) is 0.0899. The zero-order valence-corrected chi connectivity index (χ0v) is 62.1. The molecule has 0 unspecified atom stereocenters. The maximum atomic E-state index is 6.70. The first-order valence-electron chi connectivity index (χ1n) is 31.7. The van der Waals surface area contributed by atoms with Gasteiger partial charge in [0.25, 0.3) is 5.88 Å². The summed E-state index contributed by atoms with van der Waals surface area (Å²) in [6, 6.07) is 0. The summed E-state index contributed by atoms with van der Waals surface area (Å²) in [6.07, 6.45) is 1.66. The van der Waals surface area contributed by atoms with Gasteiger partial charge >= 0.3 is 0 Å². The van der Waals surface area contributed by atoms with Gasteiger partial charge in [0.15, 0.2) is 51.7 Å². The summed E-state index contributed by atoms with van der Waals surface area (Å²) in [5.74, 6) is 1.74. The second-order valence-corrected chi connectivity index (χ2v) is 39.2. The number of hydrogen-bond acceptors (Lipinski definition) is 27. The number of H-pyrrole nitrogens is 2. The molecule has 10 heterocycles. The van der Waals surface area contributed by atoms with Crippen molar-refractivity contribution < 1.29 is 28.4 Å². The molecule has 2 N–H and O–H groups in total. The third kappa shape index (κ3) is 19.1. The van der Waals surface area contributed by atoms with Crippen LogP contribution in [0.1, 0.15) is 144 Å². The summed E-state index contributed by atoms with van der Waals surface area (Å²) in [4.78, 5) is 85.3. The van der Waals surface area contributed by atoms with Gasteiger partial charge in [-0.1, -0.05) is 209 Å². The fourth-order valence-corrected chi connectivity index (χ4v) is 15.1. The Morgan fingerprint density at radius 2 is 0.613 bits per heavy atom. The topological polar surface area (TPSA) is 271 Å². The van der Waals surface area contributed by atoms with Gasteiger partial charge in [0.2, 0.25) is 0 Å². The van der Waals surface area contributed by atoms with E-state index in [0.717, 1.165) is 43.0 Å². The lowest BCUT2D eigenvalue weighted by Crippen LogP contribution is -2.33. The van der Waals surface area contributed by atoms with Crippen molar-refractivity contribution in [3.8, 4) is 52.0 Å². The zero-order valence-electron chi connectivity index (χ0n) is 57.2. The zero-order chi connectivity index (χ0) is 66.8. The highest BCUT2D eigenvalue weighted by atomic mass is 32.2. The Morgan fingerprint density at radius 1 is 0.344 bits per heavy atom. The Morgan fingerprint density at radius 3 is 0.903 bits per heavy atom. The molecule has 0 amide bonds. The van der Waals surface area contributed by atoms with Crippen LogP contribution in [-0.2, 0) is 23.7 Å². The third-order valence-corrected chi connectivity index (χ3v) is 19.7. The number of rotatable bonds is 11. The van der Waals surface area contributed by atoms with Crippen molar-refractivity contribution in [3.05, 3.63) is 0 Å². The number of fused-ring (bicyclic) bond motifs is 20. The van der Waals surface area contributed by atoms with Crippen LogP contribution in [0.3, 0.4) is 0 Å². The largest absolute Gasteiger partial charge is 0.475 e. The normalized spacial score (nSPS) is 15.8. The Bertz CT molecular complexity index is 4000. The van der Waals surface area contributed by atoms with Gasteiger partial charge in [0.1, 0.15) is 75.0 Å². The number of nitrogens with one attached hydrogen (secondary N) is 2. The van der Waals surface area contributed by atoms with Gasteiger partial charge in [-0.25, -0.2) is 69.8 Å². The standard InChI is InChI=1S/C64H89N17O6S6/c1-20-21-24-87-52-51(81-22-25-82-27-29-84-31-33-86-34-32-85-30-28-83-26-23-81)65-35-36(66-52)44-73-43(35)74-45-37-39(69-55(90-61(8,9)10)53(67-37)88-59(2,3)4)47(76-45)78-49-41-42(72-58(93-64(17,18)19)57(71-41)92-63(14,15)16)50(80-49)79-48-40-38(46(75-44)77-48)68-54(89-60(5,6)7)56(70-40)91-62(11,12)13/h20-34H2,1-19H3,(H2,73,74,75,76,77,78,79,80). The molecule has 7 aromatic rings. The first-order valence-corrected chi connectivity index (χ1v) is 36.6. The van der Waals surface area contributed by atoms with Gasteiger partial charge < -0.3 is 43.3 Å². The lowest BCUT2D eigenvalue weighted by molar-refractivity contribution is -0.0116. The highest BCUT2D eigenvalue weighted by Crippen LogP contribution is 2.48. The molecule has 0 atom stereocenters. The second-order valence-electron chi connectivity index (χ2n) is 28.3. The lowest BCUT2D eigenvalue weighted by atomic mass is 10.3. The van der Waals surface area contributed by atoms with Gasteiger partial charge in [0.05, 0.1) is 72.7 Å². The smallest absolute Gasteiger partial charge is 0.258 e. The lowest BCUT2D eigenvalue weighted by Gasteiger charge is -2.25. The minimum absolute atomic E-state index is 0.226. The summed E-state index contributed by atoms with van der Waals surface area (Å²) in [5.41, 5.74) is 4.68. The van der Waals surface area contributed by atoms with Crippen molar-refractivity contribution in [2.75, 3.05) is 90.7 Å². The number of hydrogen-bond donors (Lipinski definition) is 2. The van der Waals surface area contributed by atoms with Crippen molar-refractivity contribution in [1.29, 1.82) is 0 Å². The summed E-state index contributed by atoms with van der Waals surface area (Å²) in [7, 11) is 0. The molecule has 1 fully saturated rings. The molecule has 3 aliphatic heterocycles. The van der Waals surface area contributed by atoms with E-state index in [0.29, 0.717) is 154 Å². The van der Waals surface area contributed by atoms with Crippen molar-refractivity contribution >= 4 is 121 Å². The van der Waals surface area contributed by atoms with E-state index in [1.54, 1.807) is 70.6 Å². The van der Waals surface area contributed by atoms with Crippen LogP contribution in [0.15, 0.2) is 30.2 Å². The molecule has 0 aromatic carbocycles. The van der Waals surface area contributed by atoms with Gasteiger partial charge in [-0.2, -0.15) is 0 Å². The molecule has 10 rings (SSSR count). The van der Waals surface area contributed by atoms with E-state index in [4.69, 9.17) is 98.2 Å². The molecule has 7 aromatic heterocycles. The summed E-state index contributed by atoms with van der Waals surface area (Å²) in [5, 5.41) is 4.47. The van der Waals surface area contributed by atoms with Crippen LogP contribution < -0.4 is 9.64 Å². The molecule has 0 spiro atoms. The molecular weight excluding hydrogens is 1300 g/mol. The highest BCUT2D eigenvalue weighted by molar-refractivity contribution is 8.04. The van der Waals surface area contributed by atoms with Gasteiger partial charge in [-0.15, -0.1) is 0 Å². The van der Waals surface area contributed by atoms with Crippen molar-refractivity contribution in [1.82, 2.24) is 79.7 Å². The maximum Gasteiger partial charge on any atom is 0.258 e. The van der Waals surface area contributed by atoms with Crippen molar-refractivity contribution in [3.63, 3.8) is 0 Å². The molecule has 502 valence electrons. The molecule has 0 aliphatic carbocycles. The number of thioether (sulfide) groups is 6. The number of aromatic nitrogens is 16. The van der Waals surface area contributed by atoms with Gasteiger partial charge in [0, 0.05) is 41.6 Å². The van der Waals surface area contributed by atoms with E-state index in [-0.39, 0.29) is 63.1 Å². The number of anilines is 1. The Kier molecular flexibility index (Phi) is 22.2. The van der Waals surface area contributed by atoms with Gasteiger partial charge in [-0.05, 0) is 6.42 Å². The van der Waals surface area contributed by atoms with Crippen LogP contribution in [0.5, 0.6) is 5.88 Å². The van der Waals surface area contributed by atoms with E-state index < -0.39 is 0 Å². The molecule has 93 heavy (non-hydrogen) atoms. The first-order chi connectivity index (χ1) is 43.7. The van der Waals surface area contributed by atoms with E-state index >= 15 is 0 Å².